The number of hydrogen-bond acceptors (Lipinski definition) is 4. The summed E-state index contributed by atoms with van der Waals surface area (Å²) in [5.74, 6) is 0.0433. The van der Waals surface area contributed by atoms with Gasteiger partial charge in [-0.15, -0.1) is 11.3 Å². The average molecular weight is 250 g/mol. The molecule has 6 heteroatoms. The van der Waals surface area contributed by atoms with Crippen molar-refractivity contribution in [1.29, 1.82) is 0 Å². The van der Waals surface area contributed by atoms with E-state index in [1.54, 1.807) is 11.3 Å². The van der Waals surface area contributed by atoms with Gasteiger partial charge in [-0.3, -0.25) is 9.20 Å². The highest BCUT2D eigenvalue weighted by Gasteiger charge is 2.20. The predicted molar refractivity (Wildman–Crippen MR) is 66.6 cm³/mol. The summed E-state index contributed by atoms with van der Waals surface area (Å²) in [6.07, 6.45) is 1.84. The Morgan fingerprint density at radius 3 is 2.94 bits per heavy atom. The van der Waals surface area contributed by atoms with Gasteiger partial charge in [-0.2, -0.15) is 0 Å². The summed E-state index contributed by atoms with van der Waals surface area (Å²) in [6, 6.07) is 0. The van der Waals surface area contributed by atoms with Gasteiger partial charge in [0.15, 0.2) is 4.96 Å². The summed E-state index contributed by atoms with van der Waals surface area (Å²) in [6.45, 7) is 5.29. The quantitative estimate of drug-likeness (QED) is 0.812. The van der Waals surface area contributed by atoms with Gasteiger partial charge in [-0.1, -0.05) is 0 Å². The number of piperazine rings is 1. The minimum absolute atomic E-state index is 0.0433. The molecule has 0 aliphatic carbocycles. The average Bonchev–Trinajstić information content (AvgIpc) is 2.92. The summed E-state index contributed by atoms with van der Waals surface area (Å²) < 4.78 is 1.97. The first-order chi connectivity index (χ1) is 8.25. The van der Waals surface area contributed by atoms with E-state index in [1.807, 2.05) is 27.8 Å². The van der Waals surface area contributed by atoms with Gasteiger partial charge >= 0.3 is 0 Å². The molecule has 3 heterocycles. The normalized spacial score (nSPS) is 16.6. The lowest BCUT2D eigenvalue weighted by atomic mass is 10.3. The molecule has 90 valence electrons. The second-order valence-electron chi connectivity index (χ2n) is 4.20. The number of hydrogen-bond donors (Lipinski definition) is 1. The molecule has 0 saturated carbocycles. The summed E-state index contributed by atoms with van der Waals surface area (Å²) in [5, 5.41) is 5.28. The van der Waals surface area contributed by atoms with Crippen LogP contribution in [0.15, 0.2) is 11.6 Å². The van der Waals surface area contributed by atoms with Crippen molar-refractivity contribution < 1.29 is 4.79 Å². The van der Waals surface area contributed by atoms with Crippen LogP contribution in [0.2, 0.25) is 0 Å². The third kappa shape index (κ3) is 1.83. The zero-order valence-corrected chi connectivity index (χ0v) is 10.5. The van der Waals surface area contributed by atoms with Crippen LogP contribution in [0.25, 0.3) is 4.96 Å². The molecule has 1 amide bonds. The molecule has 1 aliphatic rings. The van der Waals surface area contributed by atoms with E-state index in [-0.39, 0.29) is 5.91 Å². The maximum atomic E-state index is 12.2. The lowest BCUT2D eigenvalue weighted by Gasteiger charge is -2.26. The Morgan fingerprint density at radius 1 is 1.47 bits per heavy atom. The van der Waals surface area contributed by atoms with Crippen LogP contribution in [-0.2, 0) is 0 Å². The molecule has 2 aromatic heterocycles. The summed E-state index contributed by atoms with van der Waals surface area (Å²) >= 11 is 1.57. The molecule has 0 bridgehead atoms. The van der Waals surface area contributed by atoms with Gasteiger partial charge in [-0.05, 0) is 6.92 Å². The van der Waals surface area contributed by atoms with Crippen LogP contribution >= 0.6 is 11.3 Å². The van der Waals surface area contributed by atoms with Crippen molar-refractivity contribution in [2.75, 3.05) is 26.2 Å². The third-order valence-electron chi connectivity index (χ3n) is 3.01. The molecule has 0 aromatic carbocycles. The van der Waals surface area contributed by atoms with Crippen LogP contribution in [-0.4, -0.2) is 46.4 Å². The number of nitrogens with zero attached hydrogens (tertiary/aromatic N) is 3. The Balaban J connectivity index is 1.89. The van der Waals surface area contributed by atoms with E-state index in [0.717, 1.165) is 36.8 Å². The zero-order valence-electron chi connectivity index (χ0n) is 9.64. The number of aromatic nitrogens is 2. The van der Waals surface area contributed by atoms with E-state index in [4.69, 9.17) is 0 Å². The van der Waals surface area contributed by atoms with E-state index in [2.05, 4.69) is 10.3 Å². The summed E-state index contributed by atoms with van der Waals surface area (Å²) in [5.41, 5.74) is 1.68. The Morgan fingerprint density at radius 2 is 2.24 bits per heavy atom. The largest absolute Gasteiger partial charge is 0.335 e. The first kappa shape index (κ1) is 10.7. The van der Waals surface area contributed by atoms with Crippen molar-refractivity contribution in [3.05, 3.63) is 23.0 Å². The van der Waals surface area contributed by atoms with Gasteiger partial charge in [0.1, 0.15) is 5.69 Å². The van der Waals surface area contributed by atoms with Gasteiger partial charge < -0.3 is 10.2 Å². The lowest BCUT2D eigenvalue weighted by Crippen LogP contribution is -2.46. The van der Waals surface area contributed by atoms with Crippen molar-refractivity contribution in [3.63, 3.8) is 0 Å². The van der Waals surface area contributed by atoms with Gasteiger partial charge in [0.05, 0.1) is 0 Å². The highest BCUT2D eigenvalue weighted by Crippen LogP contribution is 2.16. The molecule has 3 rings (SSSR count). The molecule has 5 nitrogen and oxygen atoms in total. The fraction of sp³-hybridized carbons (Fsp3) is 0.455. The lowest BCUT2D eigenvalue weighted by molar-refractivity contribution is 0.0730. The van der Waals surface area contributed by atoms with Crippen molar-refractivity contribution in [2.24, 2.45) is 0 Å². The number of carbonyl (C=O) groups is 1. The van der Waals surface area contributed by atoms with E-state index < -0.39 is 0 Å². The van der Waals surface area contributed by atoms with Gasteiger partial charge in [0, 0.05) is 43.4 Å². The maximum Gasteiger partial charge on any atom is 0.274 e. The molecule has 2 aromatic rings. The van der Waals surface area contributed by atoms with E-state index in [1.165, 1.54) is 0 Å². The van der Waals surface area contributed by atoms with Crippen LogP contribution in [0.5, 0.6) is 0 Å². The molecule has 0 atom stereocenters. The fourth-order valence-corrected chi connectivity index (χ4v) is 2.88. The highest BCUT2D eigenvalue weighted by molar-refractivity contribution is 7.15. The first-order valence-corrected chi connectivity index (χ1v) is 6.57. The molecule has 0 radical (unpaired) electrons. The predicted octanol–water partition coefficient (Wildman–Crippen LogP) is 0.750. The first-order valence-electron chi connectivity index (χ1n) is 5.69. The number of fused-ring (bicyclic) bond motifs is 1. The summed E-state index contributed by atoms with van der Waals surface area (Å²) in [7, 11) is 0. The molecule has 1 fully saturated rings. The zero-order chi connectivity index (χ0) is 11.8. The molecule has 0 spiro atoms. The van der Waals surface area contributed by atoms with Gasteiger partial charge in [-0.25, -0.2) is 4.98 Å². The van der Waals surface area contributed by atoms with Gasteiger partial charge in [0.2, 0.25) is 0 Å². The highest BCUT2D eigenvalue weighted by atomic mass is 32.1. The number of aryl methyl sites for hydroxylation is 1. The number of imidazole rings is 1. The SMILES string of the molecule is Cc1csc2nc(C(=O)N3CCNCC3)cn12. The Hall–Kier alpha value is -1.40. The standard InChI is InChI=1S/C11H14N4OS/c1-8-7-17-11-13-9(6-15(8)11)10(16)14-4-2-12-3-5-14/h6-7,12H,2-5H2,1H3. The summed E-state index contributed by atoms with van der Waals surface area (Å²) in [4.78, 5) is 19.3. The van der Waals surface area contributed by atoms with Crippen molar-refractivity contribution >= 4 is 22.2 Å². The monoisotopic (exact) mass is 250 g/mol. The Bertz CT molecular complexity index is 553. The smallest absolute Gasteiger partial charge is 0.274 e. The van der Waals surface area contributed by atoms with Crippen molar-refractivity contribution in [3.8, 4) is 0 Å². The van der Waals surface area contributed by atoms with Crippen LogP contribution in [0.1, 0.15) is 16.2 Å². The Labute approximate surface area is 103 Å². The molecular weight excluding hydrogens is 236 g/mol. The second kappa shape index (κ2) is 4.12. The molecule has 1 saturated heterocycles. The van der Waals surface area contributed by atoms with E-state index in [9.17, 15) is 4.79 Å². The van der Waals surface area contributed by atoms with E-state index in [0.29, 0.717) is 5.69 Å². The second-order valence-corrected chi connectivity index (χ2v) is 5.03. The van der Waals surface area contributed by atoms with Crippen LogP contribution < -0.4 is 5.32 Å². The maximum absolute atomic E-state index is 12.2. The number of carbonyl (C=O) groups excluding carboxylic acids is 1. The number of amides is 1. The molecule has 17 heavy (non-hydrogen) atoms. The Kier molecular flexibility index (Phi) is 2.60. The molecular formula is C11H14N4OS. The fourth-order valence-electron chi connectivity index (χ4n) is 2.03. The number of rotatable bonds is 1. The number of thiazole rings is 1. The minimum atomic E-state index is 0.0433. The molecule has 1 aliphatic heterocycles. The topological polar surface area (TPSA) is 49.6 Å². The van der Waals surface area contributed by atoms with Crippen LogP contribution in [0.3, 0.4) is 0 Å². The molecule has 1 N–H and O–H groups in total. The van der Waals surface area contributed by atoms with Gasteiger partial charge in [0.25, 0.3) is 5.91 Å². The van der Waals surface area contributed by atoms with Crippen molar-refractivity contribution in [2.45, 2.75) is 6.92 Å². The molecule has 0 unspecified atom stereocenters. The minimum Gasteiger partial charge on any atom is -0.335 e. The van der Waals surface area contributed by atoms with Crippen LogP contribution in [0.4, 0.5) is 0 Å². The van der Waals surface area contributed by atoms with E-state index >= 15 is 0 Å². The van der Waals surface area contributed by atoms with Crippen LogP contribution in [0, 0.1) is 6.92 Å². The third-order valence-corrected chi connectivity index (χ3v) is 3.97. The van der Waals surface area contributed by atoms with Crippen molar-refractivity contribution in [1.82, 2.24) is 19.6 Å². The number of nitrogens with one attached hydrogen (secondary N) is 1.